The molecule has 0 atom stereocenters. The van der Waals surface area contributed by atoms with Gasteiger partial charge in [-0.3, -0.25) is 0 Å². The Labute approximate surface area is 201 Å². The van der Waals surface area contributed by atoms with Crippen molar-refractivity contribution >= 4 is 14.7 Å². The van der Waals surface area contributed by atoms with Crippen LogP contribution in [0.4, 0.5) is 0 Å². The van der Waals surface area contributed by atoms with E-state index in [0.29, 0.717) is 0 Å². The van der Waals surface area contributed by atoms with E-state index in [1.54, 1.807) is 0 Å². The minimum Gasteiger partial charge on any atom is -0.799 e. The molecule has 183 valence electrons. The van der Waals surface area contributed by atoms with E-state index in [4.69, 9.17) is 0 Å². The largest absolute Gasteiger partial charge is 2.00 e. The molecule has 4 saturated carbocycles. The van der Waals surface area contributed by atoms with Crippen molar-refractivity contribution in [2.45, 2.75) is 151 Å². The second-order valence-electron chi connectivity index (χ2n) is 10.5. The maximum absolute atomic E-state index is 12.4. The Balaban J connectivity index is 0.000000213. The fourth-order valence-corrected chi connectivity index (χ4v) is 11.9. The number of hydrogen-bond acceptors (Lipinski definition) is 4. The molecule has 0 N–H and O–H groups in total. The first-order valence-corrected chi connectivity index (χ1v) is 16.6. The van der Waals surface area contributed by atoms with Crippen LogP contribution < -0.4 is 9.79 Å². The molecule has 0 aromatic heterocycles. The Morgan fingerprint density at radius 1 is 0.387 bits per heavy atom. The van der Waals surface area contributed by atoms with Gasteiger partial charge in [-0.05, 0) is 51.4 Å². The molecule has 4 aliphatic rings. The summed E-state index contributed by atoms with van der Waals surface area (Å²) in [5.41, 5.74) is 0.146. The Hall–Kier alpha value is 0.886. The Morgan fingerprint density at radius 3 is 0.710 bits per heavy atom. The minimum atomic E-state index is -3.09. The van der Waals surface area contributed by atoms with Crippen LogP contribution in [0.15, 0.2) is 0 Å². The second-order valence-corrected chi connectivity index (χ2v) is 16.0. The number of hydrogen-bond donors (Lipinski definition) is 0. The molecular weight excluding hydrogens is 473 g/mol. The van der Waals surface area contributed by atoms with Gasteiger partial charge >= 0.3 is 16.8 Å². The molecule has 4 rings (SSSR count). The van der Waals surface area contributed by atoms with Gasteiger partial charge in [-0.25, -0.2) is 0 Å². The predicted molar refractivity (Wildman–Crippen MR) is 123 cm³/mol. The zero-order valence-electron chi connectivity index (χ0n) is 19.3. The Bertz CT molecular complexity index is 494. The van der Waals surface area contributed by atoms with Crippen LogP contribution in [-0.2, 0) is 25.9 Å². The normalized spacial score (nSPS) is 25.9. The van der Waals surface area contributed by atoms with Crippen molar-refractivity contribution in [3.8, 4) is 0 Å². The van der Waals surface area contributed by atoms with Gasteiger partial charge in [0.25, 0.3) is 0 Å². The molecule has 0 aromatic carbocycles. The summed E-state index contributed by atoms with van der Waals surface area (Å²) in [5, 5.41) is 0. The first-order valence-electron chi connectivity index (χ1n) is 13.0. The summed E-state index contributed by atoms with van der Waals surface area (Å²) < 4.78 is 24.7. The zero-order chi connectivity index (χ0) is 21.5. The van der Waals surface area contributed by atoms with Crippen molar-refractivity contribution in [2.24, 2.45) is 0 Å². The summed E-state index contributed by atoms with van der Waals surface area (Å²) in [6, 6.07) is 0. The summed E-state index contributed by atoms with van der Waals surface area (Å²) in [6.07, 6.45) is 21.5. The van der Waals surface area contributed by atoms with E-state index in [9.17, 15) is 18.9 Å². The third kappa shape index (κ3) is 7.96. The summed E-state index contributed by atoms with van der Waals surface area (Å²) in [7, 11) is -6.19. The molecule has 0 aromatic rings. The average Bonchev–Trinajstić information content (AvgIpc) is 2.82. The molecule has 4 aliphatic carbocycles. The van der Waals surface area contributed by atoms with Crippen LogP contribution in [-0.4, -0.2) is 22.6 Å². The van der Waals surface area contributed by atoms with Crippen LogP contribution in [0.5, 0.6) is 0 Å². The van der Waals surface area contributed by atoms with Crippen LogP contribution in [0.2, 0.25) is 0 Å². The smallest absolute Gasteiger partial charge is 0.799 e. The molecule has 31 heavy (non-hydrogen) atoms. The van der Waals surface area contributed by atoms with Crippen molar-refractivity contribution in [3.05, 3.63) is 0 Å². The molecule has 0 saturated heterocycles. The molecule has 0 amide bonds. The summed E-state index contributed by atoms with van der Waals surface area (Å²) in [6.45, 7) is 0. The van der Waals surface area contributed by atoms with Crippen molar-refractivity contribution in [2.75, 3.05) is 0 Å². The molecule has 0 unspecified atom stereocenters. The Morgan fingerprint density at radius 2 is 0.548 bits per heavy atom. The quantitative estimate of drug-likeness (QED) is 0.395. The SMILES string of the molecule is O=P([O-])(C1CCCCC1)C1CCCCC1.O=P([O-])(C1CCCCC1)C1CCCCC1.[Co+2]. The minimum absolute atomic E-state index is 0. The van der Waals surface area contributed by atoms with Crippen molar-refractivity contribution in [3.63, 3.8) is 0 Å². The van der Waals surface area contributed by atoms with Crippen molar-refractivity contribution in [1.29, 1.82) is 0 Å². The maximum Gasteiger partial charge on any atom is 2.00 e. The molecule has 0 heterocycles. The van der Waals surface area contributed by atoms with E-state index >= 15 is 0 Å². The molecule has 1 radical (unpaired) electrons. The van der Waals surface area contributed by atoms with Crippen LogP contribution in [0.3, 0.4) is 0 Å². The fraction of sp³-hybridized carbons (Fsp3) is 1.00. The van der Waals surface area contributed by atoms with Crippen LogP contribution >= 0.6 is 14.7 Å². The molecule has 4 nitrogen and oxygen atoms in total. The molecule has 0 bridgehead atoms. The van der Waals surface area contributed by atoms with Crippen LogP contribution in [0.1, 0.15) is 128 Å². The third-order valence-corrected chi connectivity index (χ3v) is 14.5. The third-order valence-electron chi connectivity index (χ3n) is 8.33. The van der Waals surface area contributed by atoms with E-state index in [-0.39, 0.29) is 39.4 Å². The van der Waals surface area contributed by atoms with Gasteiger partial charge in [0.05, 0.1) is 0 Å². The standard InChI is InChI=1S/2C12H23O2P.Co/c2*13-15(14,11-7-3-1-4-8-11)12-9-5-2-6-10-12;/h2*11-12H,1-10H2,(H,13,14);/q;;+2/p-2. The monoisotopic (exact) mass is 517 g/mol. The topological polar surface area (TPSA) is 80.3 Å². The fourth-order valence-electron chi connectivity index (χ4n) is 6.36. The molecule has 4 fully saturated rings. The van der Waals surface area contributed by atoms with E-state index in [0.717, 1.165) is 103 Å². The van der Waals surface area contributed by atoms with Gasteiger partial charge in [0.2, 0.25) is 0 Å². The average molecular weight is 517 g/mol. The van der Waals surface area contributed by atoms with E-state index in [1.807, 2.05) is 0 Å². The summed E-state index contributed by atoms with van der Waals surface area (Å²) >= 11 is 0. The van der Waals surface area contributed by atoms with Crippen molar-refractivity contribution in [1.82, 2.24) is 0 Å². The molecular formula is C24H44CoO4P2. The van der Waals surface area contributed by atoms with Gasteiger partial charge < -0.3 is 18.9 Å². The molecule has 0 spiro atoms. The van der Waals surface area contributed by atoms with Gasteiger partial charge in [0.15, 0.2) is 0 Å². The summed E-state index contributed by atoms with van der Waals surface area (Å²) in [5.74, 6) is 0. The predicted octanol–water partition coefficient (Wildman–Crippen LogP) is 6.58. The van der Waals surface area contributed by atoms with Crippen molar-refractivity contribution < 1.29 is 35.7 Å². The molecule has 0 aliphatic heterocycles. The van der Waals surface area contributed by atoms with Gasteiger partial charge in [-0.15, -0.1) is 0 Å². The first-order chi connectivity index (χ1) is 14.4. The van der Waals surface area contributed by atoms with E-state index < -0.39 is 14.7 Å². The van der Waals surface area contributed by atoms with Gasteiger partial charge in [0, 0.05) is 37.4 Å². The maximum atomic E-state index is 12.4. The number of rotatable bonds is 4. The van der Waals surface area contributed by atoms with Gasteiger partial charge in [-0.2, -0.15) is 0 Å². The molecule has 7 heteroatoms. The van der Waals surface area contributed by atoms with Crippen LogP contribution in [0.25, 0.3) is 0 Å². The Kier molecular flexibility index (Phi) is 12.4. The van der Waals surface area contributed by atoms with Gasteiger partial charge in [-0.1, -0.05) is 77.0 Å². The van der Waals surface area contributed by atoms with E-state index in [2.05, 4.69) is 0 Å². The zero-order valence-corrected chi connectivity index (χ0v) is 22.1. The van der Waals surface area contributed by atoms with Crippen LogP contribution in [0, 0.1) is 0 Å². The van der Waals surface area contributed by atoms with E-state index in [1.165, 1.54) is 25.7 Å². The first kappa shape index (κ1) is 28.1. The summed E-state index contributed by atoms with van der Waals surface area (Å²) in [4.78, 5) is 24.7. The van der Waals surface area contributed by atoms with Gasteiger partial charge in [0.1, 0.15) is 0 Å². The second kappa shape index (κ2) is 13.7.